The Bertz CT molecular complexity index is 511. The molecule has 6 nitrogen and oxygen atoms in total. The van der Waals surface area contributed by atoms with Crippen LogP contribution in [0.25, 0.3) is 0 Å². The number of nitrogens with one attached hydrogen (secondary N) is 2. The summed E-state index contributed by atoms with van der Waals surface area (Å²) in [6.07, 6.45) is 1.92. The van der Waals surface area contributed by atoms with E-state index in [9.17, 15) is 8.42 Å². The molecule has 1 rings (SSSR count). The maximum atomic E-state index is 12.2. The Hall–Kier alpha value is -1.08. The van der Waals surface area contributed by atoms with E-state index in [-0.39, 0.29) is 16.1 Å². The van der Waals surface area contributed by atoms with Gasteiger partial charge in [-0.15, -0.1) is 0 Å². The average Bonchev–Trinajstić information content (AvgIpc) is 2.43. The second-order valence-corrected chi connectivity index (χ2v) is 8.03. The van der Waals surface area contributed by atoms with Gasteiger partial charge in [-0.2, -0.15) is 5.10 Å². The second-order valence-electron chi connectivity index (χ2n) is 6.37. The average molecular weight is 274 g/mol. The fraction of sp³-hybridized carbons (Fsp3) is 0.727. The Morgan fingerprint density at radius 2 is 1.89 bits per heavy atom. The lowest BCUT2D eigenvalue weighted by Gasteiger charge is -2.32. The minimum absolute atomic E-state index is 0.00974. The summed E-state index contributed by atoms with van der Waals surface area (Å²) >= 11 is 0. The van der Waals surface area contributed by atoms with Gasteiger partial charge in [-0.25, -0.2) is 13.1 Å². The van der Waals surface area contributed by atoms with Crippen molar-refractivity contribution in [2.24, 2.45) is 5.41 Å². The summed E-state index contributed by atoms with van der Waals surface area (Å²) in [6, 6.07) is 0. The van der Waals surface area contributed by atoms with Gasteiger partial charge in [0.25, 0.3) is 0 Å². The van der Waals surface area contributed by atoms with E-state index in [1.54, 1.807) is 0 Å². The van der Waals surface area contributed by atoms with E-state index < -0.39 is 15.6 Å². The Kier molecular flexibility index (Phi) is 3.78. The van der Waals surface area contributed by atoms with Crippen molar-refractivity contribution in [1.82, 2.24) is 14.9 Å². The van der Waals surface area contributed by atoms with E-state index in [4.69, 9.17) is 5.73 Å². The van der Waals surface area contributed by atoms with Crippen molar-refractivity contribution in [2.75, 3.05) is 5.73 Å². The van der Waals surface area contributed by atoms with Gasteiger partial charge in [-0.1, -0.05) is 20.8 Å². The maximum absolute atomic E-state index is 12.2. The molecule has 0 atom stereocenters. The largest absolute Gasteiger partial charge is 0.383 e. The number of nitrogens with zero attached hydrogens (tertiary/aromatic N) is 1. The van der Waals surface area contributed by atoms with Gasteiger partial charge in [0.15, 0.2) is 0 Å². The molecule has 0 unspecified atom stereocenters. The van der Waals surface area contributed by atoms with E-state index >= 15 is 0 Å². The Morgan fingerprint density at radius 1 is 1.33 bits per heavy atom. The van der Waals surface area contributed by atoms with Crippen LogP contribution in [0.4, 0.5) is 5.82 Å². The van der Waals surface area contributed by atoms with Crippen molar-refractivity contribution in [3.05, 3.63) is 6.20 Å². The van der Waals surface area contributed by atoms with Crippen molar-refractivity contribution in [1.29, 1.82) is 0 Å². The number of nitrogen functional groups attached to an aromatic ring is 1. The number of hydrogen-bond donors (Lipinski definition) is 3. The molecule has 0 radical (unpaired) electrons. The molecule has 0 saturated heterocycles. The standard InChI is InChI=1S/C11H22N4O2S/c1-10(2,3)7-11(4,5)15-18(16,17)8-6-13-14-9(8)12/h6,15H,7H2,1-5H3,(H3,12,13,14). The van der Waals surface area contributed by atoms with Crippen LogP contribution in [0.2, 0.25) is 0 Å². The first-order chi connectivity index (χ1) is 7.93. The predicted molar refractivity (Wildman–Crippen MR) is 71.5 cm³/mol. The molecule has 1 aromatic heterocycles. The molecule has 4 N–H and O–H groups in total. The fourth-order valence-electron chi connectivity index (χ4n) is 2.28. The zero-order chi connectivity index (χ0) is 14.2. The van der Waals surface area contributed by atoms with E-state index in [0.29, 0.717) is 6.42 Å². The molecule has 104 valence electrons. The van der Waals surface area contributed by atoms with Crippen LogP contribution in [-0.4, -0.2) is 24.2 Å². The van der Waals surface area contributed by atoms with E-state index in [1.165, 1.54) is 6.20 Å². The van der Waals surface area contributed by atoms with Crippen LogP contribution < -0.4 is 10.5 Å². The van der Waals surface area contributed by atoms with Crippen LogP contribution in [0.15, 0.2) is 11.1 Å². The van der Waals surface area contributed by atoms with E-state index in [2.05, 4.69) is 35.7 Å². The second kappa shape index (κ2) is 4.55. The Balaban J connectivity index is 2.94. The molecular formula is C11H22N4O2S. The van der Waals surface area contributed by atoms with Crippen molar-refractivity contribution in [3.8, 4) is 0 Å². The zero-order valence-corrected chi connectivity index (χ0v) is 12.4. The zero-order valence-electron chi connectivity index (χ0n) is 11.5. The third-order valence-electron chi connectivity index (χ3n) is 2.30. The Morgan fingerprint density at radius 3 is 2.28 bits per heavy atom. The summed E-state index contributed by atoms with van der Waals surface area (Å²) in [6.45, 7) is 9.90. The number of aromatic nitrogens is 2. The molecule has 0 aliphatic carbocycles. The number of nitrogens with two attached hydrogens (primary N) is 1. The van der Waals surface area contributed by atoms with Crippen molar-refractivity contribution in [2.45, 2.75) is 51.5 Å². The molecule has 0 bridgehead atoms. The predicted octanol–water partition coefficient (Wildman–Crippen LogP) is 1.48. The lowest BCUT2D eigenvalue weighted by atomic mass is 9.82. The summed E-state index contributed by atoms with van der Waals surface area (Å²) < 4.78 is 27.0. The van der Waals surface area contributed by atoms with Crippen molar-refractivity contribution >= 4 is 15.8 Å². The van der Waals surface area contributed by atoms with Gasteiger partial charge in [0.05, 0.1) is 6.20 Å². The summed E-state index contributed by atoms with van der Waals surface area (Å²) in [5.41, 5.74) is 5.00. The first-order valence-electron chi connectivity index (χ1n) is 5.76. The molecule has 0 spiro atoms. The SMILES string of the molecule is CC(C)(C)CC(C)(C)NS(=O)(=O)c1cn[nH]c1N. The third kappa shape index (κ3) is 3.99. The maximum Gasteiger partial charge on any atom is 0.246 e. The topological polar surface area (TPSA) is 101 Å². The molecular weight excluding hydrogens is 252 g/mol. The quantitative estimate of drug-likeness (QED) is 0.774. The number of rotatable bonds is 4. The first-order valence-corrected chi connectivity index (χ1v) is 7.24. The van der Waals surface area contributed by atoms with Crippen LogP contribution >= 0.6 is 0 Å². The van der Waals surface area contributed by atoms with E-state index in [1.807, 2.05) is 13.8 Å². The van der Waals surface area contributed by atoms with Gasteiger partial charge in [0, 0.05) is 5.54 Å². The van der Waals surface area contributed by atoms with Gasteiger partial charge in [-0.3, -0.25) is 5.10 Å². The summed E-state index contributed by atoms with van der Waals surface area (Å²) in [5.74, 6) is 0.0501. The van der Waals surface area contributed by atoms with Gasteiger partial charge >= 0.3 is 0 Å². The molecule has 0 aliphatic rings. The normalized spacial score (nSPS) is 13.8. The molecule has 0 saturated carbocycles. The molecule has 18 heavy (non-hydrogen) atoms. The van der Waals surface area contributed by atoms with Gasteiger partial charge < -0.3 is 5.73 Å². The van der Waals surface area contributed by atoms with Crippen molar-refractivity contribution in [3.63, 3.8) is 0 Å². The minimum Gasteiger partial charge on any atom is -0.383 e. The number of H-pyrrole nitrogens is 1. The minimum atomic E-state index is -3.65. The molecule has 7 heteroatoms. The van der Waals surface area contributed by atoms with Crippen LogP contribution in [-0.2, 0) is 10.0 Å². The fourth-order valence-corrected chi connectivity index (χ4v) is 3.72. The smallest absolute Gasteiger partial charge is 0.246 e. The van der Waals surface area contributed by atoms with E-state index in [0.717, 1.165) is 0 Å². The number of aromatic amines is 1. The molecule has 1 aromatic rings. The van der Waals surface area contributed by atoms with Crippen molar-refractivity contribution < 1.29 is 8.42 Å². The van der Waals surface area contributed by atoms with Gasteiger partial charge in [0.1, 0.15) is 10.7 Å². The highest BCUT2D eigenvalue weighted by atomic mass is 32.2. The van der Waals surface area contributed by atoms with Crippen LogP contribution in [0.3, 0.4) is 0 Å². The molecule has 0 aromatic carbocycles. The van der Waals surface area contributed by atoms with Crippen LogP contribution in [0, 0.1) is 5.41 Å². The Labute approximate surface area is 108 Å². The summed E-state index contributed by atoms with van der Waals surface area (Å²) in [7, 11) is -3.65. The third-order valence-corrected chi connectivity index (χ3v) is 4.03. The van der Waals surface area contributed by atoms with Crippen LogP contribution in [0.5, 0.6) is 0 Å². The van der Waals surface area contributed by atoms with Gasteiger partial charge in [-0.05, 0) is 25.7 Å². The highest BCUT2D eigenvalue weighted by Crippen LogP contribution is 2.28. The number of sulfonamides is 1. The molecule has 0 fully saturated rings. The molecule has 1 heterocycles. The first kappa shape index (κ1) is 15.0. The summed E-state index contributed by atoms with van der Waals surface area (Å²) in [5, 5.41) is 6.04. The molecule has 0 amide bonds. The highest BCUT2D eigenvalue weighted by molar-refractivity contribution is 7.89. The highest BCUT2D eigenvalue weighted by Gasteiger charge is 2.31. The van der Waals surface area contributed by atoms with Crippen LogP contribution in [0.1, 0.15) is 41.0 Å². The van der Waals surface area contributed by atoms with Gasteiger partial charge in [0.2, 0.25) is 10.0 Å². The lowest BCUT2D eigenvalue weighted by Crippen LogP contribution is -2.45. The number of anilines is 1. The number of hydrogen-bond acceptors (Lipinski definition) is 4. The molecule has 0 aliphatic heterocycles. The lowest BCUT2D eigenvalue weighted by molar-refractivity contribution is 0.269. The summed E-state index contributed by atoms with van der Waals surface area (Å²) in [4.78, 5) is -0.00974. The monoisotopic (exact) mass is 274 g/mol.